The molecular weight excluding hydrogens is 506 g/mol. The van der Waals surface area contributed by atoms with Crippen molar-refractivity contribution in [3.63, 3.8) is 0 Å². The zero-order valence-electron chi connectivity index (χ0n) is 19.7. The standard InChI is InChI=1S/C22H28ClN9O3S/c1-14-3-2-4-15(23)17(14)26-18(35)16-13-25-22(36-16)30-20-27-19(24-5-11-33)28-21(29-20)32-8-6-31(7-9-32)10-12-34/h2-4,13,33-34H,5-12H2,1H3,(H,26,35)(H2,24,25,27,28,29,30). The fourth-order valence-electron chi connectivity index (χ4n) is 3.62. The lowest BCUT2D eigenvalue weighted by atomic mass is 10.2. The maximum absolute atomic E-state index is 12.8. The molecule has 1 amide bonds. The molecule has 0 aliphatic carbocycles. The van der Waals surface area contributed by atoms with Gasteiger partial charge in [0.25, 0.3) is 5.91 Å². The maximum atomic E-state index is 12.8. The second-order valence-corrected chi connectivity index (χ2v) is 9.46. The van der Waals surface area contributed by atoms with Crippen molar-refractivity contribution in [2.24, 2.45) is 0 Å². The number of para-hydroxylation sites is 1. The van der Waals surface area contributed by atoms with Crippen LogP contribution < -0.4 is 20.9 Å². The van der Waals surface area contributed by atoms with Crippen molar-refractivity contribution in [3.8, 4) is 0 Å². The highest BCUT2D eigenvalue weighted by atomic mass is 35.5. The molecule has 2 aromatic heterocycles. The van der Waals surface area contributed by atoms with Gasteiger partial charge in [0.1, 0.15) is 4.88 Å². The lowest BCUT2D eigenvalue weighted by Gasteiger charge is -2.34. The summed E-state index contributed by atoms with van der Waals surface area (Å²) >= 11 is 7.38. The van der Waals surface area contributed by atoms with Crippen molar-refractivity contribution < 1.29 is 15.0 Å². The second kappa shape index (κ2) is 12.2. The van der Waals surface area contributed by atoms with Crippen molar-refractivity contribution in [1.82, 2.24) is 24.8 Å². The molecule has 0 atom stereocenters. The highest BCUT2D eigenvalue weighted by molar-refractivity contribution is 7.17. The van der Waals surface area contributed by atoms with E-state index in [0.717, 1.165) is 30.0 Å². The Morgan fingerprint density at radius 3 is 2.61 bits per heavy atom. The number of nitrogens with one attached hydrogen (secondary N) is 3. The number of halogens is 1. The summed E-state index contributed by atoms with van der Waals surface area (Å²) in [5.41, 5.74) is 1.42. The third-order valence-corrected chi connectivity index (χ3v) is 6.73. The fraction of sp³-hybridized carbons (Fsp3) is 0.409. The second-order valence-electron chi connectivity index (χ2n) is 8.03. The van der Waals surface area contributed by atoms with Gasteiger partial charge in [0, 0.05) is 39.3 Å². The molecule has 1 aliphatic rings. The number of thiazole rings is 1. The van der Waals surface area contributed by atoms with Gasteiger partial charge in [-0.25, -0.2) is 4.98 Å². The van der Waals surface area contributed by atoms with E-state index in [-0.39, 0.29) is 31.6 Å². The number of aliphatic hydroxyl groups excluding tert-OH is 2. The predicted octanol–water partition coefficient (Wildman–Crippen LogP) is 1.80. The number of nitrogens with zero attached hydrogens (tertiary/aromatic N) is 6. The molecule has 0 spiro atoms. The summed E-state index contributed by atoms with van der Waals surface area (Å²) in [5.74, 6) is 0.749. The van der Waals surface area contributed by atoms with E-state index in [0.29, 0.717) is 52.2 Å². The molecule has 0 unspecified atom stereocenters. The Hall–Kier alpha value is -3.10. The molecule has 192 valence electrons. The van der Waals surface area contributed by atoms with Gasteiger partial charge >= 0.3 is 0 Å². The van der Waals surface area contributed by atoms with Crippen LogP contribution in [0.15, 0.2) is 24.4 Å². The van der Waals surface area contributed by atoms with Crippen LogP contribution >= 0.6 is 22.9 Å². The molecule has 12 nitrogen and oxygen atoms in total. The molecule has 5 N–H and O–H groups in total. The van der Waals surface area contributed by atoms with Crippen molar-refractivity contribution >= 4 is 57.5 Å². The highest BCUT2D eigenvalue weighted by Gasteiger charge is 2.21. The number of hydrogen-bond donors (Lipinski definition) is 5. The van der Waals surface area contributed by atoms with Crippen LogP contribution in [-0.4, -0.2) is 93.4 Å². The topological polar surface area (TPSA) is 152 Å². The van der Waals surface area contributed by atoms with E-state index in [1.807, 2.05) is 24.0 Å². The van der Waals surface area contributed by atoms with Crippen molar-refractivity contribution in [2.75, 3.05) is 73.3 Å². The maximum Gasteiger partial charge on any atom is 0.267 e. The van der Waals surface area contributed by atoms with E-state index in [2.05, 4.69) is 40.8 Å². The third kappa shape index (κ3) is 6.56. The molecule has 0 radical (unpaired) electrons. The number of benzene rings is 1. The molecule has 36 heavy (non-hydrogen) atoms. The average Bonchev–Trinajstić information content (AvgIpc) is 3.34. The molecule has 4 rings (SSSR count). The van der Waals surface area contributed by atoms with Crippen molar-refractivity contribution in [1.29, 1.82) is 0 Å². The molecule has 0 saturated carbocycles. The number of rotatable bonds is 10. The largest absolute Gasteiger partial charge is 0.395 e. The molecule has 14 heteroatoms. The Labute approximate surface area is 217 Å². The Kier molecular flexibility index (Phi) is 8.83. The summed E-state index contributed by atoms with van der Waals surface area (Å²) in [7, 11) is 0. The Morgan fingerprint density at radius 1 is 1.11 bits per heavy atom. The minimum atomic E-state index is -0.320. The third-order valence-electron chi connectivity index (χ3n) is 5.50. The van der Waals surface area contributed by atoms with Crippen LogP contribution in [-0.2, 0) is 0 Å². The average molecular weight is 534 g/mol. The summed E-state index contributed by atoms with van der Waals surface area (Å²) < 4.78 is 0. The van der Waals surface area contributed by atoms with Gasteiger partial charge < -0.3 is 25.7 Å². The molecule has 0 bridgehead atoms. The summed E-state index contributed by atoms with van der Waals surface area (Å²) in [6, 6.07) is 5.41. The van der Waals surface area contributed by atoms with Crippen LogP contribution in [0.2, 0.25) is 5.02 Å². The molecule has 1 fully saturated rings. The number of hydrogen-bond acceptors (Lipinski definition) is 12. The van der Waals surface area contributed by atoms with Crippen LogP contribution in [0, 0.1) is 6.92 Å². The zero-order valence-corrected chi connectivity index (χ0v) is 21.3. The monoisotopic (exact) mass is 533 g/mol. The summed E-state index contributed by atoms with van der Waals surface area (Å²) in [5, 5.41) is 28.1. The number of piperazine rings is 1. The van der Waals surface area contributed by atoms with Gasteiger partial charge in [-0.15, -0.1) is 0 Å². The number of carbonyl (C=O) groups excluding carboxylic acids is 1. The minimum Gasteiger partial charge on any atom is -0.395 e. The minimum absolute atomic E-state index is 0.0700. The van der Waals surface area contributed by atoms with Crippen LogP contribution in [0.5, 0.6) is 0 Å². The van der Waals surface area contributed by atoms with E-state index in [1.165, 1.54) is 6.20 Å². The van der Waals surface area contributed by atoms with E-state index < -0.39 is 0 Å². The zero-order chi connectivity index (χ0) is 25.5. The highest BCUT2D eigenvalue weighted by Crippen LogP contribution is 2.28. The molecule has 1 saturated heterocycles. The van der Waals surface area contributed by atoms with Crippen LogP contribution in [0.1, 0.15) is 15.2 Å². The van der Waals surface area contributed by atoms with Crippen LogP contribution in [0.25, 0.3) is 0 Å². The smallest absolute Gasteiger partial charge is 0.267 e. The SMILES string of the molecule is Cc1cccc(Cl)c1NC(=O)c1cnc(Nc2nc(NCCO)nc(N3CCN(CCO)CC3)n2)s1. The van der Waals surface area contributed by atoms with Gasteiger partial charge in [-0.1, -0.05) is 35.1 Å². The lowest BCUT2D eigenvalue weighted by molar-refractivity contribution is 0.103. The van der Waals surface area contributed by atoms with E-state index in [4.69, 9.17) is 16.7 Å². The number of carbonyl (C=O) groups is 1. The Morgan fingerprint density at radius 2 is 1.89 bits per heavy atom. The molecule has 1 aliphatic heterocycles. The van der Waals surface area contributed by atoms with Gasteiger partial charge in [0.15, 0.2) is 5.13 Å². The molecule has 1 aromatic carbocycles. The first-order valence-corrected chi connectivity index (χ1v) is 12.6. The predicted molar refractivity (Wildman–Crippen MR) is 141 cm³/mol. The van der Waals surface area contributed by atoms with Crippen molar-refractivity contribution in [2.45, 2.75) is 6.92 Å². The number of aromatic nitrogens is 4. The summed E-state index contributed by atoms with van der Waals surface area (Å²) in [6.07, 6.45) is 1.47. The van der Waals surface area contributed by atoms with Gasteiger partial charge in [-0.2, -0.15) is 15.0 Å². The van der Waals surface area contributed by atoms with E-state index in [9.17, 15) is 9.90 Å². The first-order valence-electron chi connectivity index (χ1n) is 11.4. The first kappa shape index (κ1) is 26.0. The van der Waals surface area contributed by atoms with E-state index in [1.54, 1.807) is 6.07 Å². The van der Waals surface area contributed by atoms with Gasteiger partial charge in [0.2, 0.25) is 17.8 Å². The summed E-state index contributed by atoms with van der Waals surface area (Å²) in [4.78, 5) is 35.1. The fourth-order valence-corrected chi connectivity index (χ4v) is 4.59. The number of β-amino-alcohol motifs (C(OH)–C–C–N with tert-alkyl or cyclic N) is 1. The first-order chi connectivity index (χ1) is 17.5. The van der Waals surface area contributed by atoms with Crippen LogP contribution in [0.3, 0.4) is 0 Å². The number of aliphatic hydroxyl groups is 2. The Bertz CT molecular complexity index is 1170. The quantitative estimate of drug-likeness (QED) is 0.259. The molecule has 3 aromatic rings. The van der Waals surface area contributed by atoms with Gasteiger partial charge in [0.05, 0.1) is 30.1 Å². The normalized spacial score (nSPS) is 14.1. The number of amides is 1. The summed E-state index contributed by atoms with van der Waals surface area (Å²) in [6.45, 7) is 5.81. The van der Waals surface area contributed by atoms with Crippen LogP contribution in [0.4, 0.5) is 28.7 Å². The van der Waals surface area contributed by atoms with Gasteiger partial charge in [-0.05, 0) is 18.6 Å². The molecular formula is C22H28ClN9O3S. The number of anilines is 5. The lowest BCUT2D eigenvalue weighted by Crippen LogP contribution is -2.47. The Balaban J connectivity index is 1.48. The van der Waals surface area contributed by atoms with E-state index >= 15 is 0 Å². The van der Waals surface area contributed by atoms with Crippen molar-refractivity contribution in [3.05, 3.63) is 39.9 Å². The number of aryl methyl sites for hydroxylation is 1. The molecule has 3 heterocycles. The van der Waals surface area contributed by atoms with Gasteiger partial charge in [-0.3, -0.25) is 15.0 Å².